The number of nitrogens with one attached hydrogen (secondary N) is 2. The lowest BCUT2D eigenvalue weighted by Gasteiger charge is -2.32. The molecule has 0 bridgehead atoms. The summed E-state index contributed by atoms with van der Waals surface area (Å²) < 4.78 is 5.36. The third kappa shape index (κ3) is 7.07. The predicted molar refractivity (Wildman–Crippen MR) is 106 cm³/mol. The molecule has 1 fully saturated rings. The molecular formula is C18H26Cl2N4O3. The standard InChI is InChI=1S/C18H26Cl2N4O3/c1-18(2,3)27-17(26)24-8-4-12(5-9-24)16(25)22-7-6-21-15-14(20)10-13(19)11-23-15/h10-12H,4-9H2,1-3H3,(H,21,23)(H,22,25). The van der Waals surface area contributed by atoms with Crippen LogP contribution in [-0.2, 0) is 9.53 Å². The molecule has 2 heterocycles. The first kappa shape index (κ1) is 21.6. The van der Waals surface area contributed by atoms with E-state index in [0.717, 1.165) is 0 Å². The Morgan fingerprint density at radius 1 is 1.26 bits per heavy atom. The molecule has 1 aliphatic heterocycles. The summed E-state index contributed by atoms with van der Waals surface area (Å²) in [7, 11) is 0. The zero-order chi connectivity index (χ0) is 20.0. The maximum absolute atomic E-state index is 12.3. The van der Waals surface area contributed by atoms with Crippen LogP contribution in [0.3, 0.4) is 0 Å². The topological polar surface area (TPSA) is 83.6 Å². The SMILES string of the molecule is CC(C)(C)OC(=O)N1CCC(C(=O)NCCNc2ncc(Cl)cc2Cl)CC1. The monoisotopic (exact) mass is 416 g/mol. The fraction of sp³-hybridized carbons (Fsp3) is 0.611. The molecule has 7 nitrogen and oxygen atoms in total. The summed E-state index contributed by atoms with van der Waals surface area (Å²) >= 11 is 11.8. The lowest BCUT2D eigenvalue weighted by atomic mass is 9.96. The van der Waals surface area contributed by atoms with Crippen molar-refractivity contribution in [3.63, 3.8) is 0 Å². The Balaban J connectivity index is 1.68. The van der Waals surface area contributed by atoms with Crippen LogP contribution in [0.15, 0.2) is 12.3 Å². The second kappa shape index (κ2) is 9.46. The van der Waals surface area contributed by atoms with E-state index in [1.165, 1.54) is 6.20 Å². The van der Waals surface area contributed by atoms with Crippen LogP contribution in [0.25, 0.3) is 0 Å². The summed E-state index contributed by atoms with van der Waals surface area (Å²) in [6, 6.07) is 1.61. The molecule has 0 aromatic carbocycles. The molecule has 150 valence electrons. The Morgan fingerprint density at radius 3 is 2.52 bits per heavy atom. The lowest BCUT2D eigenvalue weighted by molar-refractivity contribution is -0.126. The van der Waals surface area contributed by atoms with Gasteiger partial charge in [0, 0.05) is 38.3 Å². The van der Waals surface area contributed by atoms with Crippen molar-refractivity contribution in [3.05, 3.63) is 22.3 Å². The number of ether oxygens (including phenoxy) is 1. The number of hydrogen-bond donors (Lipinski definition) is 2. The second-order valence-corrected chi connectivity index (χ2v) is 8.29. The average molecular weight is 417 g/mol. The van der Waals surface area contributed by atoms with E-state index < -0.39 is 5.60 Å². The number of amides is 2. The maximum Gasteiger partial charge on any atom is 0.410 e. The van der Waals surface area contributed by atoms with E-state index in [0.29, 0.717) is 54.9 Å². The van der Waals surface area contributed by atoms with Crippen molar-refractivity contribution in [2.45, 2.75) is 39.2 Å². The molecule has 1 saturated heterocycles. The van der Waals surface area contributed by atoms with Crippen LogP contribution in [-0.4, -0.2) is 53.7 Å². The number of carbonyl (C=O) groups is 2. The van der Waals surface area contributed by atoms with Crippen molar-refractivity contribution in [2.75, 3.05) is 31.5 Å². The first-order valence-electron chi connectivity index (χ1n) is 8.96. The Bertz CT molecular complexity index is 671. The largest absolute Gasteiger partial charge is 0.444 e. The molecule has 27 heavy (non-hydrogen) atoms. The van der Waals surface area contributed by atoms with E-state index in [1.54, 1.807) is 11.0 Å². The normalized spacial score (nSPS) is 15.4. The number of nitrogens with zero attached hydrogens (tertiary/aromatic N) is 2. The lowest BCUT2D eigenvalue weighted by Crippen LogP contribution is -2.45. The van der Waals surface area contributed by atoms with Gasteiger partial charge in [0.05, 0.1) is 10.0 Å². The van der Waals surface area contributed by atoms with Gasteiger partial charge in [-0.3, -0.25) is 4.79 Å². The fourth-order valence-electron chi connectivity index (χ4n) is 2.71. The molecule has 0 aliphatic carbocycles. The smallest absolute Gasteiger partial charge is 0.410 e. The van der Waals surface area contributed by atoms with E-state index in [1.807, 2.05) is 20.8 Å². The van der Waals surface area contributed by atoms with Crippen molar-refractivity contribution < 1.29 is 14.3 Å². The molecule has 1 aromatic rings. The van der Waals surface area contributed by atoms with Gasteiger partial charge in [0.1, 0.15) is 11.4 Å². The van der Waals surface area contributed by atoms with Crippen molar-refractivity contribution >= 4 is 41.0 Å². The number of piperidine rings is 1. The van der Waals surface area contributed by atoms with E-state index in [4.69, 9.17) is 27.9 Å². The molecule has 2 rings (SSSR count). The minimum atomic E-state index is -0.514. The van der Waals surface area contributed by atoms with Crippen LogP contribution in [0.4, 0.5) is 10.6 Å². The first-order chi connectivity index (χ1) is 12.7. The van der Waals surface area contributed by atoms with Crippen molar-refractivity contribution in [1.29, 1.82) is 0 Å². The van der Waals surface area contributed by atoms with Gasteiger partial charge in [-0.15, -0.1) is 0 Å². The Kier molecular flexibility index (Phi) is 7.56. The Morgan fingerprint density at radius 2 is 1.93 bits per heavy atom. The molecule has 0 spiro atoms. The first-order valence-corrected chi connectivity index (χ1v) is 9.72. The summed E-state index contributed by atoms with van der Waals surface area (Å²) in [6.45, 7) is 7.51. The summed E-state index contributed by atoms with van der Waals surface area (Å²) in [5, 5.41) is 6.86. The zero-order valence-electron chi connectivity index (χ0n) is 15.8. The molecule has 0 radical (unpaired) electrons. The summed E-state index contributed by atoms with van der Waals surface area (Å²) in [5.41, 5.74) is -0.514. The van der Waals surface area contributed by atoms with E-state index in [2.05, 4.69) is 15.6 Å². The van der Waals surface area contributed by atoms with Gasteiger partial charge in [-0.1, -0.05) is 23.2 Å². The van der Waals surface area contributed by atoms with Crippen LogP contribution in [0.5, 0.6) is 0 Å². The highest BCUT2D eigenvalue weighted by atomic mass is 35.5. The molecular weight excluding hydrogens is 391 g/mol. The van der Waals surface area contributed by atoms with Crippen molar-refractivity contribution in [1.82, 2.24) is 15.2 Å². The third-order valence-corrected chi connectivity index (χ3v) is 4.54. The number of aromatic nitrogens is 1. The number of carbonyl (C=O) groups excluding carboxylic acids is 2. The number of rotatable bonds is 5. The minimum absolute atomic E-state index is 0.00389. The van der Waals surface area contributed by atoms with Gasteiger partial charge in [-0.25, -0.2) is 9.78 Å². The van der Waals surface area contributed by atoms with Gasteiger partial charge in [0.2, 0.25) is 5.91 Å². The number of likely N-dealkylation sites (tertiary alicyclic amines) is 1. The number of halogens is 2. The number of hydrogen-bond acceptors (Lipinski definition) is 5. The van der Waals surface area contributed by atoms with Crippen LogP contribution < -0.4 is 10.6 Å². The molecule has 0 atom stereocenters. The van der Waals surface area contributed by atoms with Gasteiger partial charge < -0.3 is 20.3 Å². The van der Waals surface area contributed by atoms with E-state index in [-0.39, 0.29) is 17.9 Å². The molecule has 2 amide bonds. The summed E-state index contributed by atoms with van der Waals surface area (Å²) in [5.74, 6) is 0.428. The van der Waals surface area contributed by atoms with Gasteiger partial charge >= 0.3 is 6.09 Å². The molecule has 0 unspecified atom stereocenters. The van der Waals surface area contributed by atoms with Gasteiger partial charge in [-0.2, -0.15) is 0 Å². The van der Waals surface area contributed by atoms with Gasteiger partial charge in [0.15, 0.2) is 0 Å². The van der Waals surface area contributed by atoms with E-state index in [9.17, 15) is 9.59 Å². The van der Waals surface area contributed by atoms with Gasteiger partial charge in [-0.05, 0) is 39.7 Å². The third-order valence-electron chi connectivity index (χ3n) is 4.04. The molecule has 2 N–H and O–H groups in total. The van der Waals surface area contributed by atoms with Crippen LogP contribution in [0, 0.1) is 5.92 Å². The average Bonchev–Trinajstić information content (AvgIpc) is 2.58. The summed E-state index contributed by atoms with van der Waals surface area (Å²) in [4.78, 5) is 30.1. The fourth-order valence-corrected chi connectivity index (χ4v) is 3.15. The van der Waals surface area contributed by atoms with Crippen LogP contribution in [0.1, 0.15) is 33.6 Å². The number of pyridine rings is 1. The van der Waals surface area contributed by atoms with Crippen LogP contribution >= 0.6 is 23.2 Å². The summed E-state index contributed by atoms with van der Waals surface area (Å²) in [6.07, 6.45) is 2.44. The van der Waals surface area contributed by atoms with Gasteiger partial charge in [0.25, 0.3) is 0 Å². The Hall–Kier alpha value is -1.73. The predicted octanol–water partition coefficient (Wildman–Crippen LogP) is 3.56. The van der Waals surface area contributed by atoms with E-state index >= 15 is 0 Å². The highest BCUT2D eigenvalue weighted by molar-refractivity contribution is 6.35. The minimum Gasteiger partial charge on any atom is -0.444 e. The molecule has 9 heteroatoms. The van der Waals surface area contributed by atoms with Crippen LogP contribution in [0.2, 0.25) is 10.0 Å². The quantitative estimate of drug-likeness (QED) is 0.716. The number of anilines is 1. The molecule has 1 aliphatic rings. The highest BCUT2D eigenvalue weighted by Crippen LogP contribution is 2.22. The second-order valence-electron chi connectivity index (χ2n) is 7.44. The van der Waals surface area contributed by atoms with Crippen molar-refractivity contribution in [2.24, 2.45) is 5.92 Å². The Labute approximate surface area is 169 Å². The zero-order valence-corrected chi connectivity index (χ0v) is 17.4. The molecule has 1 aromatic heterocycles. The molecule has 0 saturated carbocycles. The maximum atomic E-state index is 12.3. The highest BCUT2D eigenvalue weighted by Gasteiger charge is 2.29. The van der Waals surface area contributed by atoms with Crippen molar-refractivity contribution in [3.8, 4) is 0 Å².